The number of aliphatic hydroxyl groups excluding tert-OH is 1. The van der Waals surface area contributed by atoms with Crippen molar-refractivity contribution in [2.24, 2.45) is 0 Å². The van der Waals surface area contributed by atoms with Crippen molar-refractivity contribution >= 4 is 24.3 Å². The minimum Gasteiger partial charge on any atom is -0.493 e. The first kappa shape index (κ1) is 41.1. The Balaban J connectivity index is 1.49. The van der Waals surface area contributed by atoms with Gasteiger partial charge in [0.15, 0.2) is 0 Å². The van der Waals surface area contributed by atoms with Gasteiger partial charge in [-0.1, -0.05) is 202 Å². The molecular weight excluding hydrogens is 613 g/mol. The maximum Gasteiger partial charge on any atom is 0.123 e. The third-order valence-electron chi connectivity index (χ3n) is 9.47. The highest BCUT2D eigenvalue weighted by Crippen LogP contribution is 2.26. The van der Waals surface area contributed by atoms with Crippen LogP contribution in [0.3, 0.4) is 0 Å². The van der Waals surface area contributed by atoms with Crippen molar-refractivity contribution in [1.82, 2.24) is 0 Å². The lowest BCUT2D eigenvalue weighted by atomic mass is 10.1. The molecule has 0 aliphatic rings. The van der Waals surface area contributed by atoms with E-state index in [1.54, 1.807) is 0 Å². The number of rotatable bonds is 29. The number of unbranched alkanes of at least 4 members (excludes halogenated alkanes) is 18. The predicted molar refractivity (Wildman–Crippen MR) is 218 cm³/mol. The lowest BCUT2D eigenvalue weighted by Gasteiger charge is -2.12. The van der Waals surface area contributed by atoms with Crippen LogP contribution in [0.4, 0.5) is 0 Å². The molecule has 3 aromatic rings. The molecule has 0 atom stereocenters. The van der Waals surface area contributed by atoms with Crippen LogP contribution in [0.5, 0.6) is 11.5 Å². The number of hydrogen-bond donors (Lipinski definition) is 1. The van der Waals surface area contributed by atoms with E-state index in [1.807, 2.05) is 24.3 Å². The van der Waals surface area contributed by atoms with Gasteiger partial charge < -0.3 is 14.6 Å². The molecule has 0 spiro atoms. The SMILES string of the molecule is CCCCCCCCCCCCOc1cc(/C=C/c2ccc(/C=C/c3ccc(CO)cc3)cc2)cc(OCCCCCCCCCCCC)c1. The van der Waals surface area contributed by atoms with E-state index in [2.05, 4.69) is 80.6 Å². The Bertz CT molecular complexity index is 1260. The van der Waals surface area contributed by atoms with Gasteiger partial charge >= 0.3 is 0 Å². The second-order valence-electron chi connectivity index (χ2n) is 14.0. The maximum atomic E-state index is 9.26. The summed E-state index contributed by atoms with van der Waals surface area (Å²) in [6.07, 6.45) is 35.0. The van der Waals surface area contributed by atoms with Gasteiger partial charge in [-0.2, -0.15) is 0 Å². The molecule has 274 valence electrons. The normalized spacial score (nSPS) is 11.6. The molecule has 50 heavy (non-hydrogen) atoms. The fourth-order valence-corrected chi connectivity index (χ4v) is 6.25. The van der Waals surface area contributed by atoms with E-state index in [4.69, 9.17) is 9.47 Å². The quantitative estimate of drug-likeness (QED) is 0.0586. The second-order valence-corrected chi connectivity index (χ2v) is 14.0. The summed E-state index contributed by atoms with van der Waals surface area (Å²) >= 11 is 0. The molecule has 3 nitrogen and oxygen atoms in total. The number of benzene rings is 3. The zero-order chi connectivity index (χ0) is 35.3. The van der Waals surface area contributed by atoms with E-state index in [0.717, 1.165) is 65.4 Å². The second kappa shape index (κ2) is 27.4. The smallest absolute Gasteiger partial charge is 0.123 e. The molecule has 0 aliphatic heterocycles. The van der Waals surface area contributed by atoms with Crippen molar-refractivity contribution in [2.45, 2.75) is 149 Å². The monoisotopic (exact) mass is 681 g/mol. The van der Waals surface area contributed by atoms with Crippen LogP contribution < -0.4 is 9.47 Å². The number of ether oxygens (including phenoxy) is 2. The standard InChI is InChI=1S/C47H68O3/c1-3-5-7-9-11-13-15-17-19-21-35-49-46-37-45(38-47(39-46)50-36-22-20-18-16-14-12-10-8-6-4-2)34-31-42-26-23-41(24-27-42)25-28-43-29-32-44(40-48)33-30-43/h23-34,37-39,48H,3-22,35-36,40H2,1-2H3/b28-25+,34-31+. The Morgan fingerprint density at radius 1 is 0.400 bits per heavy atom. The van der Waals surface area contributed by atoms with Crippen LogP contribution in [-0.4, -0.2) is 18.3 Å². The maximum absolute atomic E-state index is 9.26. The van der Waals surface area contributed by atoms with Crippen LogP contribution in [-0.2, 0) is 6.61 Å². The fourth-order valence-electron chi connectivity index (χ4n) is 6.25. The zero-order valence-electron chi connectivity index (χ0n) is 31.7. The van der Waals surface area contributed by atoms with Gasteiger partial charge in [-0.15, -0.1) is 0 Å². The van der Waals surface area contributed by atoms with Gasteiger partial charge in [0.1, 0.15) is 11.5 Å². The van der Waals surface area contributed by atoms with Crippen LogP contribution in [0, 0.1) is 0 Å². The molecule has 3 rings (SSSR count). The molecule has 0 radical (unpaired) electrons. The number of hydrogen-bond acceptors (Lipinski definition) is 3. The van der Waals surface area contributed by atoms with Gasteiger partial charge in [-0.25, -0.2) is 0 Å². The molecule has 0 aliphatic carbocycles. The molecular formula is C47H68O3. The summed E-state index contributed by atoms with van der Waals surface area (Å²) in [5, 5.41) is 9.26. The predicted octanol–water partition coefficient (Wildman–Crippen LogP) is 14.1. The van der Waals surface area contributed by atoms with Gasteiger partial charge in [-0.3, -0.25) is 0 Å². The highest BCUT2D eigenvalue weighted by Gasteiger charge is 2.04. The van der Waals surface area contributed by atoms with Crippen molar-refractivity contribution in [3.05, 3.63) is 94.5 Å². The van der Waals surface area contributed by atoms with Gasteiger partial charge in [0.25, 0.3) is 0 Å². The lowest BCUT2D eigenvalue weighted by molar-refractivity contribution is 0.282. The van der Waals surface area contributed by atoms with E-state index < -0.39 is 0 Å². The topological polar surface area (TPSA) is 38.7 Å². The molecule has 0 aromatic heterocycles. The third-order valence-corrected chi connectivity index (χ3v) is 9.47. The Morgan fingerprint density at radius 3 is 1.08 bits per heavy atom. The summed E-state index contributed by atoms with van der Waals surface area (Å²) in [7, 11) is 0. The van der Waals surface area contributed by atoms with Crippen molar-refractivity contribution in [2.75, 3.05) is 13.2 Å². The summed E-state index contributed by atoms with van der Waals surface area (Å²) in [5.74, 6) is 1.79. The first-order chi connectivity index (χ1) is 24.7. The minimum atomic E-state index is 0.0728. The lowest BCUT2D eigenvalue weighted by Crippen LogP contribution is -2.00. The van der Waals surface area contributed by atoms with Gasteiger partial charge in [0.2, 0.25) is 0 Å². The summed E-state index contributed by atoms with van der Waals surface area (Å²) in [4.78, 5) is 0. The average Bonchev–Trinajstić information content (AvgIpc) is 3.15. The van der Waals surface area contributed by atoms with Crippen LogP contribution in [0.25, 0.3) is 24.3 Å². The van der Waals surface area contributed by atoms with E-state index in [-0.39, 0.29) is 6.61 Å². The molecule has 0 saturated heterocycles. The Hall–Kier alpha value is -3.30. The largest absolute Gasteiger partial charge is 0.493 e. The van der Waals surface area contributed by atoms with Crippen molar-refractivity contribution in [1.29, 1.82) is 0 Å². The van der Waals surface area contributed by atoms with Crippen LogP contribution in [0.15, 0.2) is 66.7 Å². The molecule has 3 heteroatoms. The number of aliphatic hydroxyl groups is 1. The van der Waals surface area contributed by atoms with Gasteiger partial charge in [-0.05, 0) is 52.8 Å². The highest BCUT2D eigenvalue weighted by atomic mass is 16.5. The van der Waals surface area contributed by atoms with E-state index in [0.29, 0.717) is 0 Å². The minimum absolute atomic E-state index is 0.0728. The van der Waals surface area contributed by atoms with Gasteiger partial charge in [0.05, 0.1) is 19.8 Å². The molecule has 0 amide bonds. The van der Waals surface area contributed by atoms with Crippen molar-refractivity contribution < 1.29 is 14.6 Å². The Morgan fingerprint density at radius 2 is 0.720 bits per heavy atom. The van der Waals surface area contributed by atoms with Crippen molar-refractivity contribution in [3.63, 3.8) is 0 Å². The molecule has 0 saturated carbocycles. The third kappa shape index (κ3) is 19.2. The molecule has 0 fully saturated rings. The summed E-state index contributed by atoms with van der Waals surface area (Å²) in [6.45, 7) is 6.14. The summed E-state index contributed by atoms with van der Waals surface area (Å²) in [5.41, 5.74) is 5.45. The molecule has 1 N–H and O–H groups in total. The van der Waals surface area contributed by atoms with E-state index in [1.165, 1.54) is 116 Å². The molecule has 3 aromatic carbocycles. The molecule has 0 heterocycles. The average molecular weight is 681 g/mol. The van der Waals surface area contributed by atoms with E-state index >= 15 is 0 Å². The van der Waals surface area contributed by atoms with E-state index in [9.17, 15) is 5.11 Å². The van der Waals surface area contributed by atoms with Crippen LogP contribution >= 0.6 is 0 Å². The van der Waals surface area contributed by atoms with Crippen molar-refractivity contribution in [3.8, 4) is 11.5 Å². The van der Waals surface area contributed by atoms with Gasteiger partial charge in [0, 0.05) is 6.07 Å². The first-order valence-corrected chi connectivity index (χ1v) is 20.3. The Labute approximate surface area is 306 Å². The van der Waals surface area contributed by atoms with Crippen LogP contribution in [0.2, 0.25) is 0 Å². The summed E-state index contributed by atoms with van der Waals surface area (Å²) in [6, 6.07) is 22.9. The highest BCUT2D eigenvalue weighted by molar-refractivity contribution is 5.73. The molecule has 0 unspecified atom stereocenters. The fraction of sp³-hybridized carbons (Fsp3) is 0.532. The Kier molecular flexibility index (Phi) is 22.6. The summed E-state index contributed by atoms with van der Waals surface area (Å²) < 4.78 is 12.6. The zero-order valence-corrected chi connectivity index (χ0v) is 31.7. The molecule has 0 bridgehead atoms. The first-order valence-electron chi connectivity index (χ1n) is 20.3. The van der Waals surface area contributed by atoms with Crippen LogP contribution in [0.1, 0.15) is 170 Å².